The maximum Gasteiger partial charge on any atom is 0.305 e. The van der Waals surface area contributed by atoms with E-state index >= 15 is 0 Å². The highest BCUT2D eigenvalue weighted by Crippen LogP contribution is 2.21. The second-order valence-electron chi connectivity index (χ2n) is 10.4. The highest BCUT2D eigenvalue weighted by molar-refractivity contribution is 5.67. The number of aliphatic hydroxyl groups is 2. The van der Waals surface area contributed by atoms with Gasteiger partial charge in [-0.15, -0.1) is 0 Å². The van der Waals surface area contributed by atoms with Crippen LogP contribution < -0.4 is 0 Å². The third-order valence-electron chi connectivity index (χ3n) is 6.50. The molecule has 7 atom stereocenters. The molecule has 0 fully saturated rings. The second-order valence-corrected chi connectivity index (χ2v) is 10.4. The molecule has 0 aromatic carbocycles. The number of methoxy groups -OCH3 is 1. The van der Waals surface area contributed by atoms with Crippen LogP contribution in [0.2, 0.25) is 0 Å². The normalized spacial score (nSPS) is 19.1. The van der Waals surface area contributed by atoms with Crippen molar-refractivity contribution in [2.75, 3.05) is 7.11 Å². The lowest BCUT2D eigenvalue weighted by molar-refractivity contribution is -0.139. The predicted molar refractivity (Wildman–Crippen MR) is 142 cm³/mol. The molecule has 3 N–H and O–H groups in total. The van der Waals surface area contributed by atoms with Crippen molar-refractivity contribution in [3.63, 3.8) is 0 Å². The summed E-state index contributed by atoms with van der Waals surface area (Å²) in [6.45, 7) is 12.9. The Labute approximate surface area is 209 Å². The van der Waals surface area contributed by atoms with Crippen molar-refractivity contribution in [3.8, 4) is 0 Å². The van der Waals surface area contributed by atoms with E-state index in [0.717, 1.165) is 38.5 Å². The Hall–Kier alpha value is -1.43. The lowest BCUT2D eigenvalue weighted by Gasteiger charge is -2.24. The van der Waals surface area contributed by atoms with Crippen molar-refractivity contribution >= 4 is 5.97 Å². The number of hydrogen-bond acceptors (Lipinski definition) is 4. The lowest BCUT2D eigenvalue weighted by Crippen LogP contribution is -2.24. The number of aliphatic hydroxyl groups excluding tert-OH is 2. The number of allylic oxidation sites excluding steroid dienone is 6. The van der Waals surface area contributed by atoms with Gasteiger partial charge in [0, 0.05) is 7.11 Å². The van der Waals surface area contributed by atoms with E-state index in [0.29, 0.717) is 30.1 Å². The smallest absolute Gasteiger partial charge is 0.305 e. The third kappa shape index (κ3) is 17.1. The topological polar surface area (TPSA) is 87.0 Å². The van der Waals surface area contributed by atoms with Gasteiger partial charge in [-0.1, -0.05) is 70.6 Å². The van der Waals surface area contributed by atoms with Crippen molar-refractivity contribution in [3.05, 3.63) is 36.0 Å². The zero-order chi connectivity index (χ0) is 26.1. The largest absolute Gasteiger partial charge is 0.481 e. The van der Waals surface area contributed by atoms with E-state index in [1.54, 1.807) is 7.11 Å². The van der Waals surface area contributed by atoms with Crippen LogP contribution in [0.1, 0.15) is 92.9 Å². The monoisotopic (exact) mass is 480 g/mol. The van der Waals surface area contributed by atoms with Crippen LogP contribution in [-0.4, -0.2) is 46.7 Å². The van der Waals surface area contributed by atoms with E-state index in [-0.39, 0.29) is 18.6 Å². The number of rotatable bonds is 19. The van der Waals surface area contributed by atoms with E-state index in [1.165, 1.54) is 5.57 Å². The summed E-state index contributed by atoms with van der Waals surface area (Å²) in [7, 11) is 1.74. The van der Waals surface area contributed by atoms with E-state index < -0.39 is 12.1 Å². The Morgan fingerprint density at radius 3 is 2.21 bits per heavy atom. The van der Waals surface area contributed by atoms with Gasteiger partial charge in [0.2, 0.25) is 0 Å². The molecule has 5 heteroatoms. The molecule has 0 aliphatic heterocycles. The summed E-state index contributed by atoms with van der Waals surface area (Å²) in [6.07, 6.45) is 15.7. The van der Waals surface area contributed by atoms with Crippen LogP contribution >= 0.6 is 0 Å². The number of hydrogen-bond donors (Lipinski definition) is 3. The molecule has 0 saturated heterocycles. The molecule has 0 unspecified atom stereocenters. The Morgan fingerprint density at radius 2 is 1.62 bits per heavy atom. The number of carboxylic acid groups (broad SMARTS) is 1. The zero-order valence-corrected chi connectivity index (χ0v) is 22.7. The summed E-state index contributed by atoms with van der Waals surface area (Å²) < 4.78 is 5.49. The molecule has 0 aliphatic rings. The van der Waals surface area contributed by atoms with Crippen molar-refractivity contribution < 1.29 is 24.9 Å². The van der Waals surface area contributed by atoms with E-state index in [4.69, 9.17) is 9.84 Å². The van der Waals surface area contributed by atoms with Crippen LogP contribution in [-0.2, 0) is 9.53 Å². The summed E-state index contributed by atoms with van der Waals surface area (Å²) in [5, 5.41) is 28.8. The van der Waals surface area contributed by atoms with Crippen molar-refractivity contribution in [1.82, 2.24) is 0 Å². The fourth-order valence-corrected chi connectivity index (χ4v) is 4.48. The van der Waals surface area contributed by atoms with Gasteiger partial charge in [0.1, 0.15) is 0 Å². The number of carbonyl (C=O) groups is 1. The highest BCUT2D eigenvalue weighted by atomic mass is 16.5. The molecule has 0 rings (SSSR count). The van der Waals surface area contributed by atoms with Crippen molar-refractivity contribution in [2.45, 2.75) is 111 Å². The molecule has 0 aromatic heterocycles. The molecule has 0 heterocycles. The average molecular weight is 481 g/mol. The Balaban J connectivity index is 4.31. The van der Waals surface area contributed by atoms with Gasteiger partial charge in [-0.25, -0.2) is 0 Å². The Morgan fingerprint density at radius 1 is 0.941 bits per heavy atom. The van der Waals surface area contributed by atoms with Crippen LogP contribution in [0, 0.1) is 23.7 Å². The number of aliphatic carboxylic acids is 1. The van der Waals surface area contributed by atoms with Gasteiger partial charge in [0.25, 0.3) is 0 Å². The average Bonchev–Trinajstić information content (AvgIpc) is 2.72. The van der Waals surface area contributed by atoms with Crippen LogP contribution in [0.15, 0.2) is 36.0 Å². The van der Waals surface area contributed by atoms with Gasteiger partial charge < -0.3 is 20.1 Å². The maximum atomic E-state index is 10.6. The van der Waals surface area contributed by atoms with E-state index in [2.05, 4.69) is 71.9 Å². The first-order valence-electron chi connectivity index (χ1n) is 13.1. The molecule has 198 valence electrons. The number of ether oxygens (including phenoxy) is 1. The van der Waals surface area contributed by atoms with Gasteiger partial charge in [-0.3, -0.25) is 4.79 Å². The Kier molecular flexibility index (Phi) is 18.0. The summed E-state index contributed by atoms with van der Waals surface area (Å²) in [5.41, 5.74) is 1.32. The molecule has 0 aliphatic carbocycles. The quantitative estimate of drug-likeness (QED) is 0.144. The Bertz CT molecular complexity index is 620. The molecule has 0 saturated carbocycles. The first-order chi connectivity index (χ1) is 16.0. The summed E-state index contributed by atoms with van der Waals surface area (Å²) in [5.74, 6) is 0.596. The first-order valence-corrected chi connectivity index (χ1v) is 13.1. The summed E-state index contributed by atoms with van der Waals surface area (Å²) in [4.78, 5) is 10.6. The van der Waals surface area contributed by atoms with Gasteiger partial charge in [0.05, 0.1) is 24.7 Å². The molecular weight excluding hydrogens is 428 g/mol. The summed E-state index contributed by atoms with van der Waals surface area (Å²) >= 11 is 0. The van der Waals surface area contributed by atoms with Crippen LogP contribution in [0.4, 0.5) is 0 Å². The van der Waals surface area contributed by atoms with E-state index in [9.17, 15) is 15.0 Å². The standard InChI is InChI=1S/C29H52O5/c1-8-28(34-7)25(6)19-27(31)18-24(5)14-10-13-23(4)17-22(3)12-9-11-21(2)15-16-26(30)20-29(32)33/h9-10,12-14,21-22,24-28,30-31H,8,11,15-20H2,1-7H3,(H,32,33)/b12-9+,14-10+,23-13+/t21-,22+,24-,25+,26-,27-,28+/m1/s1. The van der Waals surface area contributed by atoms with Gasteiger partial charge in [-0.05, 0) is 75.5 Å². The maximum absolute atomic E-state index is 10.6. The SMILES string of the molecule is CC[C@H](OC)[C@@H](C)C[C@H](O)C[C@H](C)/C=C/C=C(\C)C[C@@H](C)/C=C/C[C@@H](C)CC[C@@H](O)CC(=O)O. The minimum absolute atomic E-state index is 0.175. The van der Waals surface area contributed by atoms with Crippen molar-refractivity contribution in [2.24, 2.45) is 23.7 Å². The molecule has 0 radical (unpaired) electrons. The van der Waals surface area contributed by atoms with Crippen LogP contribution in [0.5, 0.6) is 0 Å². The number of carboxylic acids is 1. The minimum Gasteiger partial charge on any atom is -0.481 e. The molecule has 0 amide bonds. The molecule has 0 bridgehead atoms. The van der Waals surface area contributed by atoms with Crippen LogP contribution in [0.3, 0.4) is 0 Å². The highest BCUT2D eigenvalue weighted by Gasteiger charge is 2.19. The minimum atomic E-state index is -0.947. The summed E-state index contributed by atoms with van der Waals surface area (Å²) in [6, 6.07) is 0. The van der Waals surface area contributed by atoms with Gasteiger partial charge >= 0.3 is 5.97 Å². The molecular formula is C29H52O5. The second kappa shape index (κ2) is 18.8. The fourth-order valence-electron chi connectivity index (χ4n) is 4.48. The molecule has 0 aromatic rings. The molecule has 5 nitrogen and oxygen atoms in total. The predicted octanol–water partition coefficient (Wildman–Crippen LogP) is 6.55. The molecule has 0 spiro atoms. The van der Waals surface area contributed by atoms with Gasteiger partial charge in [0.15, 0.2) is 0 Å². The van der Waals surface area contributed by atoms with Gasteiger partial charge in [-0.2, -0.15) is 0 Å². The van der Waals surface area contributed by atoms with E-state index in [1.807, 2.05) is 0 Å². The fraction of sp³-hybridized carbons (Fsp3) is 0.759. The third-order valence-corrected chi connectivity index (χ3v) is 6.50. The lowest BCUT2D eigenvalue weighted by atomic mass is 9.91. The van der Waals surface area contributed by atoms with Crippen molar-refractivity contribution in [1.29, 1.82) is 0 Å². The zero-order valence-electron chi connectivity index (χ0n) is 22.7. The van der Waals surface area contributed by atoms with Crippen LogP contribution in [0.25, 0.3) is 0 Å². The first kappa shape index (κ1) is 32.6. The molecule has 34 heavy (non-hydrogen) atoms.